The van der Waals surface area contributed by atoms with E-state index in [0.717, 1.165) is 54.4 Å². The predicted octanol–water partition coefficient (Wildman–Crippen LogP) is 5.75. The number of amides is 4. The fraction of sp³-hybridized carbons (Fsp3) is 0.575. The molecule has 4 rings (SSSR count). The SMILES string of the molecule is CCNC(=O)C(CC(C)C)NC(=O)[C@H](CC(=O)OC(C)(C)C)NC(=O)[C@@H](CC1CCCCC1)NC(=O)OCC1c2ccccc2-c2ccccc21. The fourth-order valence-electron chi connectivity index (χ4n) is 7.07. The van der Waals surface area contributed by atoms with Crippen LogP contribution in [-0.2, 0) is 28.7 Å². The molecule has 4 N–H and O–H groups in total. The van der Waals surface area contributed by atoms with Crippen molar-refractivity contribution >= 4 is 29.8 Å². The number of hydrogen-bond donors (Lipinski definition) is 4. The van der Waals surface area contributed by atoms with Crippen LogP contribution in [0.1, 0.15) is 110 Å². The first-order chi connectivity index (χ1) is 24.3. The number of benzene rings is 2. The van der Waals surface area contributed by atoms with Crippen LogP contribution in [-0.4, -0.2) is 66.7 Å². The van der Waals surface area contributed by atoms with E-state index >= 15 is 0 Å². The van der Waals surface area contributed by atoms with Crippen molar-refractivity contribution in [3.63, 3.8) is 0 Å². The van der Waals surface area contributed by atoms with Gasteiger partial charge in [0.15, 0.2) is 0 Å². The summed E-state index contributed by atoms with van der Waals surface area (Å²) in [6.45, 7) is 11.3. The van der Waals surface area contributed by atoms with E-state index in [4.69, 9.17) is 9.47 Å². The van der Waals surface area contributed by atoms with Gasteiger partial charge < -0.3 is 30.7 Å². The average molecular weight is 705 g/mol. The molecule has 0 spiro atoms. The molecule has 0 bridgehead atoms. The fourth-order valence-corrected chi connectivity index (χ4v) is 7.07. The lowest BCUT2D eigenvalue weighted by atomic mass is 9.84. The average Bonchev–Trinajstić information content (AvgIpc) is 3.39. The van der Waals surface area contributed by atoms with E-state index in [1.165, 1.54) is 0 Å². The molecule has 0 heterocycles. The minimum absolute atomic E-state index is 0.0816. The first kappa shape index (κ1) is 39.4. The summed E-state index contributed by atoms with van der Waals surface area (Å²) in [6.07, 6.45) is 4.53. The van der Waals surface area contributed by atoms with Gasteiger partial charge in [0, 0.05) is 12.5 Å². The molecule has 1 saturated carbocycles. The van der Waals surface area contributed by atoms with Crippen molar-refractivity contribution in [2.24, 2.45) is 11.8 Å². The number of carbonyl (C=O) groups is 5. The quantitative estimate of drug-likeness (QED) is 0.173. The van der Waals surface area contributed by atoms with Crippen LogP contribution < -0.4 is 21.3 Å². The highest BCUT2D eigenvalue weighted by molar-refractivity contribution is 5.95. The molecule has 2 aromatic carbocycles. The Morgan fingerprint density at radius 2 is 1.33 bits per heavy atom. The largest absolute Gasteiger partial charge is 0.460 e. The third-order valence-corrected chi connectivity index (χ3v) is 9.36. The molecule has 0 aromatic heterocycles. The first-order valence-corrected chi connectivity index (χ1v) is 18.5. The van der Waals surface area contributed by atoms with Crippen molar-refractivity contribution < 1.29 is 33.4 Å². The number of rotatable bonds is 15. The van der Waals surface area contributed by atoms with E-state index in [9.17, 15) is 24.0 Å². The standard InChI is InChI=1S/C40H56N4O7/c1-7-41-36(46)32(21-25(2)3)42-38(48)34(23-35(45)51-40(4,5)6)43-37(47)33(22-26-15-9-8-10-16-26)44-39(49)50-24-31-29-19-13-11-17-27(29)28-18-12-14-20-30(28)31/h11-14,17-20,25-26,31-34H,7-10,15-16,21-24H2,1-6H3,(H,41,46)(H,42,48)(H,43,47)(H,44,49)/t32?,33-,34+/m1/s1. The molecule has 2 aliphatic carbocycles. The molecule has 11 heteroatoms. The van der Waals surface area contributed by atoms with Gasteiger partial charge in [-0.15, -0.1) is 0 Å². The highest BCUT2D eigenvalue weighted by Gasteiger charge is 2.35. The Morgan fingerprint density at radius 1 is 0.765 bits per heavy atom. The summed E-state index contributed by atoms with van der Waals surface area (Å²) in [5.74, 6) is -2.23. The van der Waals surface area contributed by atoms with Gasteiger partial charge in [-0.25, -0.2) is 4.79 Å². The molecule has 0 aliphatic heterocycles. The minimum atomic E-state index is -1.35. The molecule has 2 aliphatic rings. The molecule has 4 amide bonds. The number of fused-ring (bicyclic) bond motifs is 3. The highest BCUT2D eigenvalue weighted by Crippen LogP contribution is 2.44. The van der Waals surface area contributed by atoms with Gasteiger partial charge in [0.2, 0.25) is 17.7 Å². The molecular formula is C40H56N4O7. The zero-order chi connectivity index (χ0) is 37.1. The summed E-state index contributed by atoms with van der Waals surface area (Å²) in [5.41, 5.74) is 3.53. The Bertz CT molecular complexity index is 1480. The predicted molar refractivity (Wildman–Crippen MR) is 196 cm³/mol. The van der Waals surface area contributed by atoms with E-state index in [-0.39, 0.29) is 30.3 Å². The summed E-state index contributed by atoms with van der Waals surface area (Å²) in [7, 11) is 0. The summed E-state index contributed by atoms with van der Waals surface area (Å²) < 4.78 is 11.3. The molecule has 1 unspecified atom stereocenters. The second-order valence-corrected chi connectivity index (χ2v) is 15.2. The van der Waals surface area contributed by atoms with Gasteiger partial charge in [-0.2, -0.15) is 0 Å². The van der Waals surface area contributed by atoms with Crippen LogP contribution in [0, 0.1) is 11.8 Å². The number of esters is 1. The number of ether oxygens (including phenoxy) is 2. The summed E-state index contributed by atoms with van der Waals surface area (Å²) in [5, 5.41) is 11.0. The van der Waals surface area contributed by atoms with Crippen LogP contribution in [0.3, 0.4) is 0 Å². The van der Waals surface area contributed by atoms with E-state index in [0.29, 0.717) is 19.4 Å². The molecule has 0 radical (unpaired) electrons. The smallest absolute Gasteiger partial charge is 0.407 e. The van der Waals surface area contributed by atoms with Crippen molar-refractivity contribution in [1.29, 1.82) is 0 Å². The molecule has 2 aromatic rings. The topological polar surface area (TPSA) is 152 Å². The van der Waals surface area contributed by atoms with Crippen molar-refractivity contribution in [3.05, 3.63) is 59.7 Å². The zero-order valence-electron chi connectivity index (χ0n) is 31.0. The van der Waals surface area contributed by atoms with Crippen LogP contribution in [0.4, 0.5) is 4.79 Å². The normalized spacial score (nSPS) is 16.2. The molecule has 51 heavy (non-hydrogen) atoms. The first-order valence-electron chi connectivity index (χ1n) is 18.5. The van der Waals surface area contributed by atoms with E-state index in [2.05, 4.69) is 33.4 Å². The molecule has 3 atom stereocenters. The van der Waals surface area contributed by atoms with Crippen molar-refractivity contribution in [2.45, 2.75) is 123 Å². The van der Waals surface area contributed by atoms with Crippen molar-refractivity contribution in [1.82, 2.24) is 21.3 Å². The van der Waals surface area contributed by atoms with Crippen LogP contribution in [0.5, 0.6) is 0 Å². The maximum absolute atomic E-state index is 14.0. The second kappa shape index (κ2) is 18.2. The number of likely N-dealkylation sites (N-methyl/N-ethyl adjacent to an activating group) is 1. The Kier molecular flexibility index (Phi) is 14.0. The summed E-state index contributed by atoms with van der Waals surface area (Å²) >= 11 is 0. The minimum Gasteiger partial charge on any atom is -0.460 e. The van der Waals surface area contributed by atoms with Crippen molar-refractivity contribution in [2.75, 3.05) is 13.2 Å². The summed E-state index contributed by atoms with van der Waals surface area (Å²) in [4.78, 5) is 67.0. The van der Waals surface area contributed by atoms with Gasteiger partial charge in [-0.1, -0.05) is 94.5 Å². The third-order valence-electron chi connectivity index (χ3n) is 9.36. The van der Waals surface area contributed by atoms with Crippen LogP contribution in [0.2, 0.25) is 0 Å². The lowest BCUT2D eigenvalue weighted by molar-refractivity contribution is -0.156. The van der Waals surface area contributed by atoms with Gasteiger partial charge >= 0.3 is 12.1 Å². The molecule has 1 fully saturated rings. The molecule has 0 saturated heterocycles. The van der Waals surface area contributed by atoms with Gasteiger partial charge in [-0.05, 0) is 74.6 Å². The maximum Gasteiger partial charge on any atom is 0.407 e. The van der Waals surface area contributed by atoms with Crippen molar-refractivity contribution in [3.8, 4) is 11.1 Å². The Labute approximate surface area is 302 Å². The number of alkyl carbamates (subject to hydrolysis) is 1. The number of carbonyl (C=O) groups excluding carboxylic acids is 5. The third kappa shape index (κ3) is 11.6. The molecule has 278 valence electrons. The van der Waals surface area contributed by atoms with E-state index < -0.39 is 54.0 Å². The molecular weight excluding hydrogens is 648 g/mol. The van der Waals surface area contributed by atoms with E-state index in [1.54, 1.807) is 27.7 Å². The van der Waals surface area contributed by atoms with Gasteiger partial charge in [0.25, 0.3) is 0 Å². The molecule has 11 nitrogen and oxygen atoms in total. The second-order valence-electron chi connectivity index (χ2n) is 15.2. The van der Waals surface area contributed by atoms with Crippen LogP contribution >= 0.6 is 0 Å². The lowest BCUT2D eigenvalue weighted by Gasteiger charge is -2.29. The number of nitrogens with one attached hydrogen (secondary N) is 4. The number of hydrogen-bond acceptors (Lipinski definition) is 7. The van der Waals surface area contributed by atoms with Gasteiger partial charge in [-0.3, -0.25) is 19.2 Å². The Balaban J connectivity index is 1.51. The maximum atomic E-state index is 14.0. The summed E-state index contributed by atoms with van der Waals surface area (Å²) in [6, 6.07) is 12.9. The van der Waals surface area contributed by atoms with Crippen LogP contribution in [0.25, 0.3) is 11.1 Å². The lowest BCUT2D eigenvalue weighted by Crippen LogP contribution is -2.57. The van der Waals surface area contributed by atoms with Gasteiger partial charge in [0.05, 0.1) is 6.42 Å². The van der Waals surface area contributed by atoms with Gasteiger partial charge in [0.1, 0.15) is 30.3 Å². The Morgan fingerprint density at radius 3 is 1.90 bits per heavy atom. The van der Waals surface area contributed by atoms with E-state index in [1.807, 2.05) is 50.2 Å². The Hall–Kier alpha value is -4.41. The van der Waals surface area contributed by atoms with Crippen LogP contribution in [0.15, 0.2) is 48.5 Å². The highest BCUT2D eigenvalue weighted by atomic mass is 16.6. The monoisotopic (exact) mass is 704 g/mol. The zero-order valence-corrected chi connectivity index (χ0v) is 31.0.